The first-order chi connectivity index (χ1) is 17.9. The van der Waals surface area contributed by atoms with Gasteiger partial charge in [-0.05, 0) is 69.7 Å². The summed E-state index contributed by atoms with van der Waals surface area (Å²) < 4.78 is 11.1. The van der Waals surface area contributed by atoms with Crippen molar-refractivity contribution < 1.29 is 19.4 Å². The van der Waals surface area contributed by atoms with Crippen LogP contribution in [0.15, 0.2) is 29.7 Å². The number of rotatable bonds is 4. The second-order valence-electron chi connectivity index (χ2n) is 11.3. The Morgan fingerprint density at radius 1 is 1.37 bits per heavy atom. The average Bonchev–Trinajstić information content (AvgIpc) is 3.17. The summed E-state index contributed by atoms with van der Waals surface area (Å²) in [6, 6.07) is 8.01. The van der Waals surface area contributed by atoms with Crippen LogP contribution in [0.4, 0.5) is 4.79 Å². The number of aliphatic hydroxyl groups excluding tert-OH is 1. The van der Waals surface area contributed by atoms with Crippen LogP contribution in [-0.4, -0.2) is 33.0 Å². The largest absolute Gasteiger partial charge is 0.444 e. The van der Waals surface area contributed by atoms with Crippen molar-refractivity contribution in [2.24, 2.45) is 17.6 Å². The number of nitrogens with one attached hydrogen (secondary N) is 2. The van der Waals surface area contributed by atoms with E-state index < -0.39 is 17.1 Å². The minimum atomic E-state index is -0.940. The number of nitrogens with two attached hydrogens (primary N) is 1. The molecule has 38 heavy (non-hydrogen) atoms. The van der Waals surface area contributed by atoms with Crippen molar-refractivity contribution >= 4 is 6.09 Å². The molecule has 9 nitrogen and oxygen atoms in total. The summed E-state index contributed by atoms with van der Waals surface area (Å²) in [5.74, 6) is 7.02. The third-order valence-corrected chi connectivity index (χ3v) is 7.05. The van der Waals surface area contributed by atoms with Gasteiger partial charge in [-0.15, -0.1) is 0 Å². The normalized spacial score (nSPS) is 22.4. The number of nitrogens with zero attached hydrogens (tertiary/aromatic N) is 2. The molecule has 5 N–H and O–H groups in total. The molecular weight excluding hydrogens is 482 g/mol. The number of ether oxygens (including phenoxy) is 2. The number of aromatic amines is 1. The number of aromatic nitrogens is 2. The van der Waals surface area contributed by atoms with E-state index in [1.807, 2.05) is 59.7 Å². The Morgan fingerprint density at radius 2 is 2.08 bits per heavy atom. The summed E-state index contributed by atoms with van der Waals surface area (Å²) in [6.45, 7) is 11.2. The fourth-order valence-corrected chi connectivity index (χ4v) is 5.37. The molecule has 1 aliphatic carbocycles. The molecule has 1 aromatic heterocycles. The maximum atomic E-state index is 12.0. The predicted octanol–water partition coefficient (Wildman–Crippen LogP) is 3.89. The fourth-order valence-electron chi connectivity index (χ4n) is 5.37. The number of fused-ring (bicyclic) bond motifs is 1. The first kappa shape index (κ1) is 27.1. The van der Waals surface area contributed by atoms with Crippen LogP contribution in [-0.2, 0) is 16.8 Å². The number of carbonyl (C=O) groups excluding carboxylic acids is 1. The van der Waals surface area contributed by atoms with Crippen molar-refractivity contribution in [1.82, 2.24) is 15.5 Å². The predicted molar refractivity (Wildman–Crippen MR) is 142 cm³/mol. The first-order valence-corrected chi connectivity index (χ1v) is 12.8. The molecule has 1 saturated carbocycles. The minimum Gasteiger partial charge on any atom is -0.444 e. The molecule has 1 atom stereocenters. The third kappa shape index (κ3) is 4.94. The second-order valence-corrected chi connectivity index (χ2v) is 11.3. The topological polar surface area (TPSA) is 146 Å². The zero-order valence-electron chi connectivity index (χ0n) is 22.7. The lowest BCUT2D eigenvalue weighted by Crippen LogP contribution is -2.45. The molecule has 9 heteroatoms. The zero-order valence-corrected chi connectivity index (χ0v) is 22.7. The van der Waals surface area contributed by atoms with Crippen LogP contribution in [0, 0.1) is 41.9 Å². The monoisotopic (exact) mass is 517 g/mol. The van der Waals surface area contributed by atoms with Crippen LogP contribution in [0.25, 0.3) is 0 Å². The number of benzene rings is 1. The molecule has 200 valence electrons. The first-order valence-electron chi connectivity index (χ1n) is 12.8. The highest BCUT2D eigenvalue weighted by Crippen LogP contribution is 2.52. The van der Waals surface area contributed by atoms with E-state index >= 15 is 0 Å². The lowest BCUT2D eigenvalue weighted by atomic mass is 9.61. The van der Waals surface area contributed by atoms with Crippen LogP contribution in [0.3, 0.4) is 0 Å². The van der Waals surface area contributed by atoms with Gasteiger partial charge in [-0.25, -0.2) is 9.89 Å². The summed E-state index contributed by atoms with van der Waals surface area (Å²) in [7, 11) is 0. The summed E-state index contributed by atoms with van der Waals surface area (Å²) >= 11 is 0. The molecule has 0 bridgehead atoms. The number of H-pyrrole nitrogens is 1. The van der Waals surface area contributed by atoms with E-state index in [4.69, 9.17) is 15.2 Å². The van der Waals surface area contributed by atoms with Crippen LogP contribution < -0.4 is 15.8 Å². The molecule has 1 amide bonds. The van der Waals surface area contributed by atoms with Gasteiger partial charge < -0.3 is 25.6 Å². The number of hydrogen-bond donors (Lipinski definition) is 4. The van der Waals surface area contributed by atoms with Crippen molar-refractivity contribution in [3.8, 4) is 23.8 Å². The van der Waals surface area contributed by atoms with E-state index in [1.165, 1.54) is 0 Å². The molecule has 0 radical (unpaired) electrons. The van der Waals surface area contributed by atoms with Crippen molar-refractivity contribution in [3.05, 3.63) is 57.6 Å². The Hall–Kier alpha value is -3.95. The van der Waals surface area contributed by atoms with Gasteiger partial charge in [-0.3, -0.25) is 0 Å². The van der Waals surface area contributed by atoms with Gasteiger partial charge in [0.15, 0.2) is 0 Å². The molecule has 2 aliphatic rings. The maximum absolute atomic E-state index is 12.0. The number of hydrogen-bond acceptors (Lipinski definition) is 7. The number of aryl methyl sites for hydroxylation is 1. The molecular formula is C29H35N5O4. The number of carbonyl (C=O) groups is 1. The molecule has 1 fully saturated rings. The summed E-state index contributed by atoms with van der Waals surface area (Å²) in [6.07, 6.45) is 1.06. The maximum Gasteiger partial charge on any atom is 0.407 e. The van der Waals surface area contributed by atoms with E-state index in [2.05, 4.69) is 33.4 Å². The minimum absolute atomic E-state index is 0.0254. The highest BCUT2D eigenvalue weighted by atomic mass is 16.6. The summed E-state index contributed by atoms with van der Waals surface area (Å²) in [5, 5.41) is 30.4. The molecule has 1 aromatic carbocycles. The smallest absolute Gasteiger partial charge is 0.407 e. The highest BCUT2D eigenvalue weighted by Gasteiger charge is 2.50. The van der Waals surface area contributed by atoms with Crippen molar-refractivity contribution in [2.75, 3.05) is 0 Å². The fraction of sp³-hybridized carbons (Fsp3) is 0.483. The molecule has 4 rings (SSSR count). The van der Waals surface area contributed by atoms with E-state index in [9.17, 15) is 15.2 Å². The van der Waals surface area contributed by atoms with Gasteiger partial charge in [0.2, 0.25) is 11.8 Å². The number of aliphatic hydroxyl groups is 1. The SMILES string of the molecule is Cc1n[nH]c2c1[C@](c1cc(C#C[C@H]3C[C@@H](NC(=O)OC(C)(C)C)C3)cc(CO)c1)(C(C)C)C(C#N)=C(N)O2. The van der Waals surface area contributed by atoms with Crippen LogP contribution in [0.1, 0.15) is 75.4 Å². The van der Waals surface area contributed by atoms with E-state index in [1.54, 1.807) is 0 Å². The van der Waals surface area contributed by atoms with E-state index in [-0.39, 0.29) is 30.4 Å². The Kier molecular flexibility index (Phi) is 7.18. The van der Waals surface area contributed by atoms with Crippen molar-refractivity contribution in [1.29, 1.82) is 5.26 Å². The molecule has 2 aromatic rings. The van der Waals surface area contributed by atoms with Gasteiger partial charge >= 0.3 is 6.09 Å². The summed E-state index contributed by atoms with van der Waals surface area (Å²) in [5.41, 5.74) is 8.71. The molecule has 0 unspecified atom stereocenters. The van der Waals surface area contributed by atoms with E-state index in [0.717, 1.165) is 29.5 Å². The molecule has 0 saturated heterocycles. The molecule has 2 heterocycles. The molecule has 0 spiro atoms. The molecule has 1 aliphatic heterocycles. The lowest BCUT2D eigenvalue weighted by Gasteiger charge is -2.41. The van der Waals surface area contributed by atoms with Gasteiger partial charge in [-0.1, -0.05) is 31.8 Å². The Labute approximate surface area is 223 Å². The third-order valence-electron chi connectivity index (χ3n) is 7.05. The standard InChI is InChI=1S/C29H35N5O4/c1-16(2)29(23(14-30)25(31)37-26-24(29)17(3)33-34-26)21-10-18(9-20(11-21)15-35)7-8-19-12-22(13-19)32-27(36)38-28(4,5)6/h9-11,16,19,22,35H,12-13,15,31H2,1-6H3,(H,32,36)(H,33,34)/t19-,22+,29-/m0/s1. The average molecular weight is 518 g/mol. The van der Waals surface area contributed by atoms with Gasteiger partial charge in [0.25, 0.3) is 0 Å². The van der Waals surface area contributed by atoms with Gasteiger partial charge in [0.05, 0.1) is 23.3 Å². The van der Waals surface area contributed by atoms with Crippen LogP contribution in [0.2, 0.25) is 0 Å². The highest BCUT2D eigenvalue weighted by molar-refractivity contribution is 5.68. The number of amides is 1. The lowest BCUT2D eigenvalue weighted by molar-refractivity contribution is 0.0467. The number of nitriles is 1. The second kappa shape index (κ2) is 10.1. The van der Waals surface area contributed by atoms with Crippen LogP contribution in [0.5, 0.6) is 5.88 Å². The van der Waals surface area contributed by atoms with Gasteiger partial charge in [0.1, 0.15) is 17.2 Å². The quantitative estimate of drug-likeness (QED) is 0.450. The van der Waals surface area contributed by atoms with Crippen molar-refractivity contribution in [2.45, 2.75) is 78.0 Å². The number of allylic oxidation sites excluding steroid dienone is 1. The Bertz CT molecular complexity index is 1380. The van der Waals surface area contributed by atoms with Crippen LogP contribution >= 0.6 is 0 Å². The zero-order chi connectivity index (χ0) is 27.8. The van der Waals surface area contributed by atoms with E-state index in [0.29, 0.717) is 22.7 Å². The van der Waals surface area contributed by atoms with Gasteiger partial charge in [-0.2, -0.15) is 10.4 Å². The number of alkyl carbamates (subject to hydrolysis) is 1. The van der Waals surface area contributed by atoms with Crippen molar-refractivity contribution in [3.63, 3.8) is 0 Å². The Morgan fingerprint density at radius 3 is 2.68 bits per heavy atom. The van der Waals surface area contributed by atoms with Gasteiger partial charge in [0, 0.05) is 17.5 Å². The Balaban J connectivity index is 1.67. The summed E-state index contributed by atoms with van der Waals surface area (Å²) in [4.78, 5) is 12.0.